The molecule has 2 amide bonds. The molecule has 1 heterocycles. The number of rotatable bonds is 6. The van der Waals surface area contributed by atoms with Crippen molar-refractivity contribution in [2.75, 3.05) is 30.7 Å². The lowest BCUT2D eigenvalue weighted by Gasteiger charge is -2.27. The second kappa shape index (κ2) is 8.19. The third-order valence-electron chi connectivity index (χ3n) is 3.81. The summed E-state index contributed by atoms with van der Waals surface area (Å²) in [6.45, 7) is 4.87. The highest BCUT2D eigenvalue weighted by Crippen LogP contribution is 2.26. The second-order valence-corrected chi connectivity index (χ2v) is 6.94. The highest BCUT2D eigenvalue weighted by Gasteiger charge is 2.22. The lowest BCUT2D eigenvalue weighted by Crippen LogP contribution is -3.14. The molecule has 1 fully saturated rings. The van der Waals surface area contributed by atoms with E-state index in [0.717, 1.165) is 23.7 Å². The fourth-order valence-electron chi connectivity index (χ4n) is 2.82. The van der Waals surface area contributed by atoms with Crippen LogP contribution in [0.1, 0.15) is 19.8 Å². The molecule has 1 aliphatic heterocycles. The molecule has 2 rings (SSSR count). The predicted molar refractivity (Wildman–Crippen MR) is 89.0 cm³/mol. The average molecular weight is 322 g/mol. The molecule has 5 nitrogen and oxygen atoms in total. The summed E-state index contributed by atoms with van der Waals surface area (Å²) >= 11 is 1.35. The fraction of sp³-hybridized carbons (Fsp3) is 0.500. The van der Waals surface area contributed by atoms with E-state index in [1.54, 1.807) is 0 Å². The van der Waals surface area contributed by atoms with Gasteiger partial charge in [-0.3, -0.25) is 9.59 Å². The van der Waals surface area contributed by atoms with Gasteiger partial charge in [-0.15, -0.1) is 11.8 Å². The van der Waals surface area contributed by atoms with Crippen molar-refractivity contribution in [1.29, 1.82) is 0 Å². The van der Waals surface area contributed by atoms with Gasteiger partial charge in [0.05, 0.1) is 24.5 Å². The van der Waals surface area contributed by atoms with Crippen molar-refractivity contribution in [3.8, 4) is 0 Å². The van der Waals surface area contributed by atoms with Crippen LogP contribution in [0.4, 0.5) is 5.69 Å². The van der Waals surface area contributed by atoms with Crippen LogP contribution in [-0.4, -0.2) is 37.2 Å². The number of benzene rings is 1. The summed E-state index contributed by atoms with van der Waals surface area (Å²) in [4.78, 5) is 25.4. The van der Waals surface area contributed by atoms with Gasteiger partial charge in [-0.2, -0.15) is 0 Å². The molecule has 0 aromatic heterocycles. The zero-order valence-corrected chi connectivity index (χ0v) is 13.7. The standard InChI is InChI=1S/C16H23N3O2S/c1-12-5-4-8-19(9-12)10-16(21)18-13-6-2-3-7-14(13)22-11-15(17)20/h2-3,6-7,12H,4-5,8-11H2,1H3,(H2,17,20)(H,18,21)/p+1/t12-/m1/s1. The summed E-state index contributed by atoms with van der Waals surface area (Å²) in [5, 5.41) is 2.96. The number of hydrogen-bond acceptors (Lipinski definition) is 3. The maximum atomic E-state index is 12.2. The van der Waals surface area contributed by atoms with E-state index in [1.807, 2.05) is 24.3 Å². The Morgan fingerprint density at radius 1 is 1.41 bits per heavy atom. The maximum absolute atomic E-state index is 12.2. The number of piperidine rings is 1. The number of primary amides is 1. The molecule has 0 spiro atoms. The number of carbonyl (C=O) groups excluding carboxylic acids is 2. The SMILES string of the molecule is C[C@@H]1CCC[NH+](CC(=O)Nc2ccccc2SCC(N)=O)C1. The third-order valence-corrected chi connectivity index (χ3v) is 4.90. The molecule has 1 aromatic carbocycles. The number of thioether (sulfide) groups is 1. The summed E-state index contributed by atoms with van der Waals surface area (Å²) in [5.41, 5.74) is 5.93. The smallest absolute Gasteiger partial charge is 0.279 e. The van der Waals surface area contributed by atoms with Crippen LogP contribution in [0.3, 0.4) is 0 Å². The van der Waals surface area contributed by atoms with Crippen LogP contribution < -0.4 is 16.0 Å². The fourth-order valence-corrected chi connectivity index (χ4v) is 3.57. The summed E-state index contributed by atoms with van der Waals surface area (Å²) in [7, 11) is 0. The first-order chi connectivity index (χ1) is 10.5. The lowest BCUT2D eigenvalue weighted by molar-refractivity contribution is -0.900. The van der Waals surface area contributed by atoms with Crippen LogP contribution in [0.15, 0.2) is 29.2 Å². The Bertz CT molecular complexity index is 536. The number of carbonyl (C=O) groups is 2. The van der Waals surface area contributed by atoms with Gasteiger partial charge in [-0.05, 0) is 25.0 Å². The van der Waals surface area contributed by atoms with E-state index in [2.05, 4.69) is 12.2 Å². The summed E-state index contributed by atoms with van der Waals surface area (Å²) in [6.07, 6.45) is 2.45. The molecular weight excluding hydrogens is 298 g/mol. The van der Waals surface area contributed by atoms with E-state index >= 15 is 0 Å². The van der Waals surface area contributed by atoms with Gasteiger partial charge in [0.15, 0.2) is 6.54 Å². The van der Waals surface area contributed by atoms with Crippen molar-refractivity contribution in [1.82, 2.24) is 0 Å². The number of para-hydroxylation sites is 1. The summed E-state index contributed by atoms with van der Waals surface area (Å²) in [6, 6.07) is 7.50. The van der Waals surface area contributed by atoms with Crippen LogP contribution in [0, 0.1) is 5.92 Å². The van der Waals surface area contributed by atoms with Gasteiger partial charge < -0.3 is 16.0 Å². The van der Waals surface area contributed by atoms with Gasteiger partial charge in [0.25, 0.3) is 5.91 Å². The molecule has 0 radical (unpaired) electrons. The van der Waals surface area contributed by atoms with Crippen molar-refractivity contribution in [3.63, 3.8) is 0 Å². The average Bonchev–Trinajstić information content (AvgIpc) is 2.46. The molecule has 1 saturated heterocycles. The largest absolute Gasteiger partial charge is 0.369 e. The van der Waals surface area contributed by atoms with Gasteiger partial charge in [0.1, 0.15) is 0 Å². The molecule has 1 aromatic rings. The Kier molecular flexibility index (Phi) is 6.27. The molecular formula is C16H24N3O2S+. The number of nitrogens with two attached hydrogens (primary N) is 1. The normalized spacial score (nSPS) is 21.3. The summed E-state index contributed by atoms with van der Waals surface area (Å²) in [5.74, 6) is 0.561. The molecule has 22 heavy (non-hydrogen) atoms. The first kappa shape index (κ1) is 16.8. The number of likely N-dealkylation sites (tertiary alicyclic amines) is 1. The van der Waals surface area contributed by atoms with Crippen molar-refractivity contribution in [3.05, 3.63) is 24.3 Å². The zero-order valence-electron chi connectivity index (χ0n) is 12.9. The Hall–Kier alpha value is -1.53. The maximum Gasteiger partial charge on any atom is 0.279 e. The number of anilines is 1. The molecule has 6 heteroatoms. The van der Waals surface area contributed by atoms with Gasteiger partial charge in [-0.25, -0.2) is 0 Å². The summed E-state index contributed by atoms with van der Waals surface area (Å²) < 4.78 is 0. The molecule has 4 N–H and O–H groups in total. The minimum atomic E-state index is -0.363. The number of quaternary nitrogens is 1. The third kappa shape index (κ3) is 5.35. The van der Waals surface area contributed by atoms with Crippen molar-refractivity contribution in [2.24, 2.45) is 11.7 Å². The number of nitrogens with one attached hydrogen (secondary N) is 2. The quantitative estimate of drug-likeness (QED) is 0.668. The van der Waals surface area contributed by atoms with E-state index < -0.39 is 0 Å². The highest BCUT2D eigenvalue weighted by atomic mass is 32.2. The van der Waals surface area contributed by atoms with Gasteiger partial charge in [0, 0.05) is 10.8 Å². The van der Waals surface area contributed by atoms with Gasteiger partial charge in [-0.1, -0.05) is 19.1 Å². The van der Waals surface area contributed by atoms with Gasteiger partial charge in [0.2, 0.25) is 5.91 Å². The van der Waals surface area contributed by atoms with Crippen LogP contribution in [0.25, 0.3) is 0 Å². The van der Waals surface area contributed by atoms with Crippen LogP contribution in [0.5, 0.6) is 0 Å². The van der Waals surface area contributed by atoms with Crippen molar-refractivity contribution in [2.45, 2.75) is 24.7 Å². The van der Waals surface area contributed by atoms with Crippen molar-refractivity contribution < 1.29 is 14.5 Å². The Morgan fingerprint density at radius 2 is 2.18 bits per heavy atom. The zero-order chi connectivity index (χ0) is 15.9. The Labute approximate surface area is 135 Å². The molecule has 1 aliphatic rings. The minimum Gasteiger partial charge on any atom is -0.369 e. The van der Waals surface area contributed by atoms with Crippen LogP contribution >= 0.6 is 11.8 Å². The van der Waals surface area contributed by atoms with E-state index in [1.165, 1.54) is 29.5 Å². The molecule has 2 atom stereocenters. The van der Waals surface area contributed by atoms with Crippen LogP contribution in [-0.2, 0) is 9.59 Å². The number of hydrogen-bond donors (Lipinski definition) is 3. The molecule has 0 saturated carbocycles. The van der Waals surface area contributed by atoms with E-state index in [0.29, 0.717) is 12.5 Å². The van der Waals surface area contributed by atoms with Gasteiger partial charge >= 0.3 is 0 Å². The predicted octanol–water partition coefficient (Wildman–Crippen LogP) is 0.517. The lowest BCUT2D eigenvalue weighted by atomic mass is 10.0. The second-order valence-electron chi connectivity index (χ2n) is 5.93. The molecule has 120 valence electrons. The first-order valence-corrected chi connectivity index (χ1v) is 8.66. The van der Waals surface area contributed by atoms with Crippen molar-refractivity contribution >= 4 is 29.3 Å². The molecule has 0 bridgehead atoms. The highest BCUT2D eigenvalue weighted by molar-refractivity contribution is 8.00. The topological polar surface area (TPSA) is 76.6 Å². The van der Waals surface area contributed by atoms with E-state index in [9.17, 15) is 9.59 Å². The Morgan fingerprint density at radius 3 is 2.91 bits per heavy atom. The Balaban J connectivity index is 1.91. The monoisotopic (exact) mass is 322 g/mol. The molecule has 1 unspecified atom stereocenters. The van der Waals surface area contributed by atoms with E-state index in [4.69, 9.17) is 5.73 Å². The van der Waals surface area contributed by atoms with Crippen LogP contribution in [0.2, 0.25) is 0 Å². The first-order valence-electron chi connectivity index (χ1n) is 7.68. The molecule has 0 aliphatic carbocycles. The minimum absolute atomic E-state index is 0.0243. The van der Waals surface area contributed by atoms with E-state index in [-0.39, 0.29) is 17.6 Å². The number of amides is 2.